The van der Waals surface area contributed by atoms with Crippen LogP contribution in [0.3, 0.4) is 0 Å². The largest absolute Gasteiger partial charge is 0.356 e. The van der Waals surface area contributed by atoms with Crippen molar-refractivity contribution in [2.24, 2.45) is 11.3 Å². The Bertz CT molecular complexity index is 198. The number of amides is 1. The van der Waals surface area contributed by atoms with Gasteiger partial charge < -0.3 is 5.32 Å². The van der Waals surface area contributed by atoms with Gasteiger partial charge in [-0.2, -0.15) is 0 Å². The molecule has 1 atom stereocenters. The van der Waals surface area contributed by atoms with Crippen LogP contribution in [0.4, 0.5) is 0 Å². The molecule has 1 N–H and O–H groups in total. The number of nitrogens with one attached hydrogen (secondary N) is 1. The molecule has 2 fully saturated rings. The Hall–Kier alpha value is -0.530. The molecule has 0 aromatic heterocycles. The summed E-state index contributed by atoms with van der Waals surface area (Å²) in [4.78, 5) is 11.1. The van der Waals surface area contributed by atoms with Gasteiger partial charge in [0.05, 0.1) is 0 Å². The van der Waals surface area contributed by atoms with Crippen LogP contribution in [0.2, 0.25) is 0 Å². The molecule has 0 aromatic rings. The van der Waals surface area contributed by atoms with Crippen molar-refractivity contribution in [3.8, 4) is 0 Å². The van der Waals surface area contributed by atoms with E-state index in [9.17, 15) is 4.79 Å². The summed E-state index contributed by atoms with van der Waals surface area (Å²) in [6, 6.07) is 0. The van der Waals surface area contributed by atoms with E-state index in [-0.39, 0.29) is 5.91 Å². The van der Waals surface area contributed by atoms with Crippen molar-refractivity contribution in [2.75, 3.05) is 6.54 Å². The van der Waals surface area contributed by atoms with Crippen molar-refractivity contribution < 1.29 is 4.79 Å². The van der Waals surface area contributed by atoms with E-state index in [1.807, 2.05) is 0 Å². The number of hydrogen-bond donors (Lipinski definition) is 1. The second-order valence-electron chi connectivity index (χ2n) is 4.62. The van der Waals surface area contributed by atoms with Crippen LogP contribution in [0.15, 0.2) is 0 Å². The average Bonchev–Trinajstić information content (AvgIpc) is 2.06. The van der Waals surface area contributed by atoms with Crippen molar-refractivity contribution in [3.63, 3.8) is 0 Å². The zero-order valence-electron chi connectivity index (χ0n) is 8.44. The lowest BCUT2D eigenvalue weighted by Gasteiger charge is -2.47. The van der Waals surface area contributed by atoms with Gasteiger partial charge in [0.15, 0.2) is 0 Å². The molecule has 0 aromatic carbocycles. The predicted octanol–water partition coefficient (Wildman–Crippen LogP) is 2.09. The van der Waals surface area contributed by atoms with Crippen LogP contribution in [0.25, 0.3) is 0 Å². The normalized spacial score (nSPS) is 35.3. The summed E-state index contributed by atoms with van der Waals surface area (Å²) in [7, 11) is 0. The summed E-state index contributed by atoms with van der Waals surface area (Å²) in [5.74, 6) is 1.15. The maximum Gasteiger partial charge on any atom is 0.220 e. The number of piperidine rings is 1. The molecule has 2 nitrogen and oxygen atoms in total. The fourth-order valence-corrected chi connectivity index (χ4v) is 2.77. The van der Waals surface area contributed by atoms with Gasteiger partial charge >= 0.3 is 0 Å². The lowest BCUT2D eigenvalue weighted by atomic mass is 9.61. The summed E-state index contributed by atoms with van der Waals surface area (Å²) in [5.41, 5.74) is 0.464. The minimum atomic E-state index is 0.253. The first-order valence-electron chi connectivity index (χ1n) is 5.53. The molecule has 2 heteroatoms. The molecule has 13 heavy (non-hydrogen) atoms. The Morgan fingerprint density at radius 2 is 2.31 bits per heavy atom. The third kappa shape index (κ3) is 1.47. The Balaban J connectivity index is 2.02. The summed E-state index contributed by atoms with van der Waals surface area (Å²) in [6.07, 6.45) is 7.30. The lowest BCUT2D eigenvalue weighted by Crippen LogP contribution is -2.48. The highest BCUT2D eigenvalue weighted by Gasteiger charge is 2.42. The van der Waals surface area contributed by atoms with E-state index in [4.69, 9.17) is 0 Å². The number of rotatable bonds is 2. The van der Waals surface area contributed by atoms with E-state index >= 15 is 0 Å². The van der Waals surface area contributed by atoms with Gasteiger partial charge in [-0.25, -0.2) is 0 Å². The second-order valence-corrected chi connectivity index (χ2v) is 4.62. The monoisotopic (exact) mass is 181 g/mol. The van der Waals surface area contributed by atoms with E-state index in [0.29, 0.717) is 5.41 Å². The van der Waals surface area contributed by atoms with E-state index in [2.05, 4.69) is 12.2 Å². The minimum absolute atomic E-state index is 0.253. The van der Waals surface area contributed by atoms with Crippen LogP contribution in [0.5, 0.6) is 0 Å². The van der Waals surface area contributed by atoms with Gasteiger partial charge in [-0.1, -0.05) is 13.3 Å². The standard InChI is InChI=1S/C11H19NO/c1-2-11(9-4-3-5-9)7-6-10(13)12-8-11/h9H,2-8H2,1H3,(H,12,13). The Kier molecular flexibility index (Phi) is 2.31. The number of carbonyl (C=O) groups is 1. The first-order chi connectivity index (χ1) is 6.27. The topological polar surface area (TPSA) is 29.1 Å². The first kappa shape index (κ1) is 9.04. The maximum atomic E-state index is 11.1. The van der Waals surface area contributed by atoms with E-state index in [0.717, 1.165) is 25.3 Å². The molecule has 1 unspecified atom stereocenters. The number of hydrogen-bond acceptors (Lipinski definition) is 1. The molecular weight excluding hydrogens is 162 g/mol. The van der Waals surface area contributed by atoms with E-state index in [1.165, 1.54) is 25.7 Å². The highest BCUT2D eigenvalue weighted by Crippen LogP contribution is 2.47. The fraction of sp³-hybridized carbons (Fsp3) is 0.909. The SMILES string of the molecule is CCC1(C2CCC2)CCC(=O)NC1. The quantitative estimate of drug-likeness (QED) is 0.694. The Morgan fingerprint density at radius 1 is 1.54 bits per heavy atom. The van der Waals surface area contributed by atoms with Crippen LogP contribution in [-0.4, -0.2) is 12.5 Å². The Labute approximate surface area is 80.1 Å². The molecule has 2 rings (SSSR count). The molecule has 0 radical (unpaired) electrons. The van der Waals surface area contributed by atoms with Gasteiger partial charge in [0.2, 0.25) is 5.91 Å². The third-order valence-electron chi connectivity index (χ3n) is 4.16. The predicted molar refractivity (Wildman–Crippen MR) is 52.3 cm³/mol. The summed E-state index contributed by atoms with van der Waals surface area (Å²) in [5, 5.41) is 3.03. The molecule has 1 heterocycles. The van der Waals surface area contributed by atoms with Gasteiger partial charge in [0.1, 0.15) is 0 Å². The third-order valence-corrected chi connectivity index (χ3v) is 4.16. The zero-order chi connectivity index (χ0) is 9.31. The van der Waals surface area contributed by atoms with Crippen molar-refractivity contribution in [2.45, 2.75) is 45.4 Å². The molecule has 0 bridgehead atoms. The van der Waals surface area contributed by atoms with Gasteiger partial charge in [0, 0.05) is 13.0 Å². The fourth-order valence-electron chi connectivity index (χ4n) is 2.77. The van der Waals surface area contributed by atoms with Crippen LogP contribution >= 0.6 is 0 Å². The van der Waals surface area contributed by atoms with Crippen LogP contribution in [0, 0.1) is 11.3 Å². The van der Waals surface area contributed by atoms with Gasteiger partial charge in [0.25, 0.3) is 0 Å². The van der Waals surface area contributed by atoms with E-state index in [1.54, 1.807) is 0 Å². The van der Waals surface area contributed by atoms with Crippen molar-refractivity contribution in [3.05, 3.63) is 0 Å². The van der Waals surface area contributed by atoms with Gasteiger partial charge in [-0.15, -0.1) is 0 Å². The minimum Gasteiger partial charge on any atom is -0.356 e. The van der Waals surface area contributed by atoms with E-state index < -0.39 is 0 Å². The van der Waals surface area contributed by atoms with Crippen molar-refractivity contribution >= 4 is 5.91 Å². The second kappa shape index (κ2) is 3.32. The van der Waals surface area contributed by atoms with Crippen molar-refractivity contribution in [1.82, 2.24) is 5.32 Å². The molecule has 1 saturated heterocycles. The lowest BCUT2D eigenvalue weighted by molar-refractivity contribution is -0.126. The smallest absolute Gasteiger partial charge is 0.220 e. The maximum absolute atomic E-state index is 11.1. The Morgan fingerprint density at radius 3 is 2.69 bits per heavy atom. The molecule has 74 valence electrons. The molecule has 0 spiro atoms. The average molecular weight is 181 g/mol. The van der Waals surface area contributed by atoms with Crippen molar-refractivity contribution in [1.29, 1.82) is 0 Å². The molecule has 2 aliphatic rings. The van der Waals surface area contributed by atoms with Gasteiger partial charge in [-0.05, 0) is 37.0 Å². The highest BCUT2D eigenvalue weighted by atomic mass is 16.1. The molecule has 1 saturated carbocycles. The first-order valence-corrected chi connectivity index (χ1v) is 5.53. The molecule has 1 amide bonds. The van der Waals surface area contributed by atoms with Crippen LogP contribution in [0.1, 0.15) is 45.4 Å². The van der Waals surface area contributed by atoms with Gasteiger partial charge in [-0.3, -0.25) is 4.79 Å². The summed E-state index contributed by atoms with van der Waals surface area (Å²) in [6.45, 7) is 3.21. The summed E-state index contributed by atoms with van der Waals surface area (Å²) >= 11 is 0. The van der Waals surface area contributed by atoms with Crippen LogP contribution < -0.4 is 5.32 Å². The van der Waals surface area contributed by atoms with Crippen LogP contribution in [-0.2, 0) is 4.79 Å². The molecule has 1 aliphatic heterocycles. The molecule has 1 aliphatic carbocycles. The number of carbonyl (C=O) groups excluding carboxylic acids is 1. The zero-order valence-corrected chi connectivity index (χ0v) is 8.44. The highest BCUT2D eigenvalue weighted by molar-refractivity contribution is 5.76. The summed E-state index contributed by atoms with van der Waals surface area (Å²) < 4.78 is 0. The molecular formula is C11H19NO.